The van der Waals surface area contributed by atoms with Crippen LogP contribution in [0.1, 0.15) is 36.2 Å². The van der Waals surface area contributed by atoms with E-state index in [1.165, 1.54) is 17.7 Å². The summed E-state index contributed by atoms with van der Waals surface area (Å²) in [7, 11) is -4.94. The molecule has 2 aromatic rings. The second-order valence-electron chi connectivity index (χ2n) is 6.95. The lowest BCUT2D eigenvalue weighted by atomic mass is 9.55. The molecule has 2 aliphatic carbocycles. The molecule has 0 saturated heterocycles. The Labute approximate surface area is 148 Å². The Kier molecular flexibility index (Phi) is 3.76. The van der Waals surface area contributed by atoms with Crippen molar-refractivity contribution >= 4 is 0 Å². The van der Waals surface area contributed by atoms with E-state index in [1.807, 2.05) is 0 Å². The van der Waals surface area contributed by atoms with E-state index in [1.54, 1.807) is 5.56 Å². The van der Waals surface area contributed by atoms with Gasteiger partial charge in [-0.25, -0.2) is 18.6 Å². The Morgan fingerprint density at radius 3 is 2.48 bits per heavy atom. The van der Waals surface area contributed by atoms with Gasteiger partial charge in [0.1, 0.15) is 0 Å². The fraction of sp³-hybridized carbons (Fsp3) is 0.316. The number of hydrogen-bond acceptors (Lipinski definition) is 4. The maximum atomic E-state index is 8.49. The SMILES string of the molecule is C[C@@]12c3ccccc3[C@@H]([C@H]3C=CC[C@H]31)[n+]1ccccc12.[O-][Cl+3]([O-])([O-])[O-]. The van der Waals surface area contributed by atoms with Crippen LogP contribution < -0.4 is 23.2 Å². The van der Waals surface area contributed by atoms with Crippen LogP contribution in [0, 0.1) is 22.1 Å². The van der Waals surface area contributed by atoms with Crippen molar-refractivity contribution < 1.29 is 33.4 Å². The molecule has 25 heavy (non-hydrogen) atoms. The van der Waals surface area contributed by atoms with E-state index in [0.717, 1.165) is 5.92 Å². The topological polar surface area (TPSA) is 96.1 Å². The highest BCUT2D eigenvalue weighted by Crippen LogP contribution is 2.58. The van der Waals surface area contributed by atoms with Crippen molar-refractivity contribution in [3.8, 4) is 0 Å². The van der Waals surface area contributed by atoms with Crippen LogP contribution >= 0.6 is 0 Å². The number of benzene rings is 1. The fourth-order valence-corrected chi connectivity index (χ4v) is 5.06. The van der Waals surface area contributed by atoms with Gasteiger partial charge in [-0.3, -0.25) is 0 Å². The Hall–Kier alpha value is -1.76. The van der Waals surface area contributed by atoms with E-state index in [4.69, 9.17) is 18.6 Å². The van der Waals surface area contributed by atoms with Gasteiger partial charge in [0.05, 0.1) is 5.41 Å². The molecule has 1 aromatic heterocycles. The van der Waals surface area contributed by atoms with E-state index >= 15 is 0 Å². The van der Waals surface area contributed by atoms with Crippen LogP contribution in [0.5, 0.6) is 0 Å². The molecule has 6 heteroatoms. The number of nitrogens with zero attached hydrogens (tertiary/aromatic N) is 1. The van der Waals surface area contributed by atoms with Gasteiger partial charge in [-0.05, 0) is 24.8 Å². The van der Waals surface area contributed by atoms with E-state index in [-0.39, 0.29) is 5.41 Å². The molecule has 1 aromatic carbocycles. The first kappa shape index (κ1) is 16.7. The summed E-state index contributed by atoms with van der Waals surface area (Å²) in [5, 5.41) is 0. The second kappa shape index (κ2) is 5.62. The first-order chi connectivity index (χ1) is 11.8. The van der Waals surface area contributed by atoms with Gasteiger partial charge in [0.25, 0.3) is 0 Å². The highest BCUT2D eigenvalue weighted by atomic mass is 35.7. The smallest absolute Gasteiger partial charge is 0.192 e. The lowest BCUT2D eigenvalue weighted by Gasteiger charge is -2.49. The molecule has 0 amide bonds. The molecule has 0 saturated carbocycles. The molecule has 0 N–H and O–H groups in total. The third-order valence-electron chi connectivity index (χ3n) is 5.88. The summed E-state index contributed by atoms with van der Waals surface area (Å²) < 4.78 is 36.5. The quantitative estimate of drug-likeness (QED) is 0.428. The van der Waals surface area contributed by atoms with Gasteiger partial charge in [-0.2, -0.15) is 4.57 Å². The minimum absolute atomic E-state index is 0.154. The average molecular weight is 360 g/mol. The number of rotatable bonds is 0. The van der Waals surface area contributed by atoms with Gasteiger partial charge in [-0.1, -0.05) is 42.5 Å². The lowest BCUT2D eigenvalue weighted by Crippen LogP contribution is -2.68. The molecule has 5 nitrogen and oxygen atoms in total. The molecular formula is C19H18ClNO4. The predicted molar refractivity (Wildman–Crippen MR) is 78.4 cm³/mol. The first-order valence-corrected chi connectivity index (χ1v) is 9.43. The molecule has 6 rings (SSSR count). The number of halogens is 1. The van der Waals surface area contributed by atoms with Crippen molar-refractivity contribution in [3.05, 3.63) is 77.6 Å². The van der Waals surface area contributed by atoms with Crippen molar-refractivity contribution in [3.63, 3.8) is 0 Å². The largest absolute Gasteiger partial charge is 0.222 e. The molecule has 0 fully saturated rings. The lowest BCUT2D eigenvalue weighted by molar-refractivity contribution is -2.00. The molecule has 4 aliphatic rings. The van der Waals surface area contributed by atoms with Crippen LogP contribution in [0.15, 0.2) is 60.8 Å². The predicted octanol–water partition coefficient (Wildman–Crippen LogP) is -1.37. The van der Waals surface area contributed by atoms with E-state index in [2.05, 4.69) is 72.3 Å². The van der Waals surface area contributed by atoms with Crippen LogP contribution in [0.3, 0.4) is 0 Å². The number of pyridine rings is 1. The molecule has 4 atom stereocenters. The van der Waals surface area contributed by atoms with E-state index < -0.39 is 10.2 Å². The van der Waals surface area contributed by atoms with Gasteiger partial charge in [-0.15, -0.1) is 10.2 Å². The zero-order chi connectivity index (χ0) is 17.8. The maximum Gasteiger partial charge on any atom is 0.192 e. The second-order valence-corrected chi connectivity index (χ2v) is 7.71. The molecule has 2 aliphatic heterocycles. The summed E-state index contributed by atoms with van der Waals surface area (Å²) in [5.74, 6) is 1.39. The summed E-state index contributed by atoms with van der Waals surface area (Å²) in [5.41, 5.74) is 4.74. The minimum atomic E-state index is -4.94. The molecule has 0 radical (unpaired) electrons. The van der Waals surface area contributed by atoms with Crippen LogP contribution in [0.2, 0.25) is 0 Å². The van der Waals surface area contributed by atoms with Crippen molar-refractivity contribution in [1.82, 2.24) is 0 Å². The van der Waals surface area contributed by atoms with Gasteiger partial charge in [0, 0.05) is 23.6 Å². The van der Waals surface area contributed by atoms with Crippen LogP contribution in [-0.4, -0.2) is 0 Å². The van der Waals surface area contributed by atoms with Crippen molar-refractivity contribution in [2.24, 2.45) is 11.8 Å². The monoisotopic (exact) mass is 359 g/mol. The Bertz CT molecular complexity index is 792. The zero-order valence-corrected chi connectivity index (χ0v) is 14.4. The summed E-state index contributed by atoms with van der Waals surface area (Å²) >= 11 is 0. The normalized spacial score (nSPS) is 30.8. The van der Waals surface area contributed by atoms with Gasteiger partial charge in [0.15, 0.2) is 17.9 Å². The molecule has 3 heterocycles. The van der Waals surface area contributed by atoms with Gasteiger partial charge < -0.3 is 0 Å². The molecule has 2 bridgehead atoms. The summed E-state index contributed by atoms with van der Waals surface area (Å²) in [6, 6.07) is 16.3. The summed E-state index contributed by atoms with van der Waals surface area (Å²) in [6.07, 6.45) is 8.36. The van der Waals surface area contributed by atoms with Crippen LogP contribution in [0.25, 0.3) is 0 Å². The minimum Gasteiger partial charge on any atom is -0.222 e. The van der Waals surface area contributed by atoms with Crippen LogP contribution in [0.4, 0.5) is 0 Å². The zero-order valence-electron chi connectivity index (χ0n) is 13.7. The van der Waals surface area contributed by atoms with E-state index in [9.17, 15) is 0 Å². The van der Waals surface area contributed by atoms with Crippen molar-refractivity contribution in [2.75, 3.05) is 0 Å². The third-order valence-corrected chi connectivity index (χ3v) is 5.88. The Balaban J connectivity index is 0.000000280. The average Bonchev–Trinajstić information content (AvgIpc) is 3.05. The van der Waals surface area contributed by atoms with Crippen LogP contribution in [-0.2, 0) is 5.41 Å². The maximum absolute atomic E-state index is 8.49. The molecular weight excluding hydrogens is 342 g/mol. The van der Waals surface area contributed by atoms with Gasteiger partial charge in [0.2, 0.25) is 0 Å². The highest BCUT2D eigenvalue weighted by Gasteiger charge is 2.61. The number of aromatic nitrogens is 1. The first-order valence-electron chi connectivity index (χ1n) is 8.20. The molecule has 0 unspecified atom stereocenters. The summed E-state index contributed by atoms with van der Waals surface area (Å²) in [4.78, 5) is 0. The standard InChI is InChI=1S/C19H18N.ClHO4/c1-19-15-9-3-2-7-13(15)18(14-8-6-10-16(14)19)20-12-5-4-11-17(19)20;2-1(3,4)5/h2-9,11-12,14,16,18H,10H2,1H3;(H,2,3,4,5)/q+1;/p-1/t14-,16+,18-,19+;/m0./s1. The van der Waals surface area contributed by atoms with Crippen molar-refractivity contribution in [2.45, 2.75) is 24.8 Å². The molecule has 0 spiro atoms. The fourth-order valence-electron chi connectivity index (χ4n) is 5.06. The van der Waals surface area contributed by atoms with Crippen molar-refractivity contribution in [1.29, 1.82) is 0 Å². The Morgan fingerprint density at radius 1 is 1.04 bits per heavy atom. The Morgan fingerprint density at radius 2 is 1.72 bits per heavy atom. The van der Waals surface area contributed by atoms with Gasteiger partial charge >= 0.3 is 0 Å². The number of allylic oxidation sites excluding steroid dienone is 2. The molecule has 130 valence electrons. The number of hydrogen-bond donors (Lipinski definition) is 0. The summed E-state index contributed by atoms with van der Waals surface area (Å²) in [6.45, 7) is 2.46. The van der Waals surface area contributed by atoms with E-state index in [0.29, 0.717) is 12.0 Å². The third kappa shape index (κ3) is 2.51. The highest BCUT2D eigenvalue weighted by molar-refractivity contribution is 5.48.